The van der Waals surface area contributed by atoms with Crippen molar-refractivity contribution in [3.05, 3.63) is 64.7 Å². The summed E-state index contributed by atoms with van der Waals surface area (Å²) in [6.07, 6.45) is 1.68. The minimum absolute atomic E-state index is 0.438. The van der Waals surface area contributed by atoms with E-state index < -0.39 is 17.5 Å². The van der Waals surface area contributed by atoms with Gasteiger partial charge in [0, 0.05) is 24.3 Å². The van der Waals surface area contributed by atoms with Crippen LogP contribution >= 0.6 is 0 Å². The van der Waals surface area contributed by atoms with Crippen molar-refractivity contribution in [2.24, 2.45) is 5.73 Å². The second-order valence-electron chi connectivity index (χ2n) is 5.44. The zero-order valence-corrected chi connectivity index (χ0v) is 12.0. The van der Waals surface area contributed by atoms with Crippen LogP contribution in [0.1, 0.15) is 27.9 Å². The average molecular weight is 302 g/mol. The first-order valence-corrected chi connectivity index (χ1v) is 7.17. The Morgan fingerprint density at radius 2 is 2.00 bits per heavy atom. The van der Waals surface area contributed by atoms with Crippen molar-refractivity contribution in [1.29, 1.82) is 0 Å². The predicted molar refractivity (Wildman–Crippen MR) is 80.7 cm³/mol. The van der Waals surface area contributed by atoms with Gasteiger partial charge in [0.2, 0.25) is 5.91 Å². The van der Waals surface area contributed by atoms with Crippen LogP contribution in [0.5, 0.6) is 0 Å². The monoisotopic (exact) mass is 302 g/mol. The van der Waals surface area contributed by atoms with Crippen molar-refractivity contribution in [2.45, 2.75) is 19.4 Å². The summed E-state index contributed by atoms with van der Waals surface area (Å²) in [7, 11) is 0. The Balaban J connectivity index is 1.93. The van der Waals surface area contributed by atoms with Crippen LogP contribution in [-0.2, 0) is 13.0 Å². The van der Waals surface area contributed by atoms with Crippen molar-refractivity contribution in [2.75, 3.05) is 11.4 Å². The molecular weight excluding hydrogens is 286 g/mol. The maximum Gasteiger partial charge on any atom is 0.249 e. The number of amides is 1. The highest BCUT2D eigenvalue weighted by Crippen LogP contribution is 2.31. The van der Waals surface area contributed by atoms with Gasteiger partial charge >= 0.3 is 0 Å². The summed E-state index contributed by atoms with van der Waals surface area (Å²) in [6, 6.07) is 9.37. The fourth-order valence-electron chi connectivity index (χ4n) is 2.95. The third-order valence-electron chi connectivity index (χ3n) is 3.97. The average Bonchev–Trinajstić information content (AvgIpc) is 2.50. The van der Waals surface area contributed by atoms with E-state index in [0.717, 1.165) is 36.7 Å². The van der Waals surface area contributed by atoms with E-state index in [1.54, 1.807) is 18.2 Å². The van der Waals surface area contributed by atoms with Crippen LogP contribution in [0.2, 0.25) is 0 Å². The number of hydrogen-bond donors (Lipinski definition) is 1. The van der Waals surface area contributed by atoms with Gasteiger partial charge in [0.05, 0.1) is 0 Å². The van der Waals surface area contributed by atoms with Gasteiger partial charge in [0.15, 0.2) is 11.6 Å². The summed E-state index contributed by atoms with van der Waals surface area (Å²) in [6.45, 7) is 1.26. The summed E-state index contributed by atoms with van der Waals surface area (Å²) in [5.41, 5.74) is 8.52. The molecule has 1 aliphatic heterocycles. The van der Waals surface area contributed by atoms with Crippen molar-refractivity contribution < 1.29 is 13.6 Å². The number of hydrogen-bond acceptors (Lipinski definition) is 2. The summed E-state index contributed by atoms with van der Waals surface area (Å²) < 4.78 is 26.4. The van der Waals surface area contributed by atoms with Crippen LogP contribution in [0.15, 0.2) is 36.4 Å². The van der Waals surface area contributed by atoms with Crippen LogP contribution < -0.4 is 10.6 Å². The predicted octanol–water partition coefficient (Wildman–Crippen LogP) is 3.02. The first-order chi connectivity index (χ1) is 10.6. The van der Waals surface area contributed by atoms with Gasteiger partial charge in [-0.2, -0.15) is 0 Å². The van der Waals surface area contributed by atoms with E-state index in [9.17, 15) is 13.6 Å². The summed E-state index contributed by atoms with van der Waals surface area (Å²) in [5.74, 6) is -2.13. The number of halogens is 2. The van der Waals surface area contributed by atoms with E-state index >= 15 is 0 Å². The van der Waals surface area contributed by atoms with E-state index in [2.05, 4.69) is 4.90 Å². The first kappa shape index (κ1) is 14.5. The van der Waals surface area contributed by atoms with Gasteiger partial charge in [-0.25, -0.2) is 8.78 Å². The van der Waals surface area contributed by atoms with Gasteiger partial charge in [-0.1, -0.05) is 12.1 Å². The molecule has 0 saturated carbocycles. The molecule has 0 saturated heterocycles. The molecule has 1 heterocycles. The zero-order chi connectivity index (χ0) is 15.7. The topological polar surface area (TPSA) is 46.3 Å². The molecule has 0 bridgehead atoms. The third-order valence-corrected chi connectivity index (χ3v) is 3.97. The zero-order valence-electron chi connectivity index (χ0n) is 12.0. The molecular formula is C17H16F2N2O. The smallest absolute Gasteiger partial charge is 0.249 e. The summed E-state index contributed by atoms with van der Waals surface area (Å²) >= 11 is 0. The van der Waals surface area contributed by atoms with Crippen molar-refractivity contribution in [1.82, 2.24) is 0 Å². The first-order valence-electron chi connectivity index (χ1n) is 7.17. The van der Waals surface area contributed by atoms with Crippen LogP contribution in [0.25, 0.3) is 0 Å². The van der Waals surface area contributed by atoms with E-state index in [1.807, 2.05) is 6.07 Å². The maximum atomic E-state index is 13.3. The number of rotatable bonds is 3. The maximum absolute atomic E-state index is 13.3. The third kappa shape index (κ3) is 2.66. The van der Waals surface area contributed by atoms with Gasteiger partial charge in [-0.15, -0.1) is 0 Å². The van der Waals surface area contributed by atoms with Crippen molar-refractivity contribution in [3.63, 3.8) is 0 Å². The van der Waals surface area contributed by atoms with Crippen LogP contribution in [0, 0.1) is 11.6 Å². The Kier molecular flexibility index (Phi) is 3.79. The van der Waals surface area contributed by atoms with E-state index in [-0.39, 0.29) is 0 Å². The lowest BCUT2D eigenvalue weighted by atomic mass is 9.95. The number of primary amides is 1. The fourth-order valence-corrected chi connectivity index (χ4v) is 2.95. The van der Waals surface area contributed by atoms with E-state index in [4.69, 9.17) is 5.73 Å². The van der Waals surface area contributed by atoms with Gasteiger partial charge < -0.3 is 10.6 Å². The molecule has 2 aromatic carbocycles. The molecule has 0 atom stereocenters. The van der Waals surface area contributed by atoms with Crippen LogP contribution in [-0.4, -0.2) is 12.5 Å². The number of nitrogens with two attached hydrogens (primary N) is 1. The largest absolute Gasteiger partial charge is 0.367 e. The Hall–Kier alpha value is -2.43. The molecule has 5 heteroatoms. The minimum Gasteiger partial charge on any atom is -0.367 e. The van der Waals surface area contributed by atoms with Crippen molar-refractivity contribution in [3.8, 4) is 0 Å². The van der Waals surface area contributed by atoms with Crippen LogP contribution in [0.4, 0.5) is 14.5 Å². The summed E-state index contributed by atoms with van der Waals surface area (Å²) in [4.78, 5) is 13.6. The molecule has 0 aromatic heterocycles. The molecule has 1 aliphatic rings. The van der Waals surface area contributed by atoms with Gasteiger partial charge in [0.1, 0.15) is 0 Å². The molecule has 0 radical (unpaired) electrons. The second-order valence-corrected chi connectivity index (χ2v) is 5.44. The molecule has 3 rings (SSSR count). The molecule has 0 fully saturated rings. The number of carbonyl (C=O) groups is 1. The number of benzene rings is 2. The normalized spacial score (nSPS) is 13.8. The van der Waals surface area contributed by atoms with E-state index in [1.165, 1.54) is 6.07 Å². The summed E-state index contributed by atoms with van der Waals surface area (Å²) in [5, 5.41) is 0. The fraction of sp³-hybridized carbons (Fsp3) is 0.235. The quantitative estimate of drug-likeness (QED) is 0.947. The number of anilines is 1. The molecule has 3 nitrogen and oxygen atoms in total. The molecule has 1 amide bonds. The highest BCUT2D eigenvalue weighted by molar-refractivity contribution is 5.96. The molecule has 0 aliphatic carbocycles. The highest BCUT2D eigenvalue weighted by Gasteiger charge is 2.21. The number of fused-ring (bicyclic) bond motifs is 1. The Labute approximate surface area is 127 Å². The van der Waals surface area contributed by atoms with Crippen LogP contribution in [0.3, 0.4) is 0 Å². The lowest BCUT2D eigenvalue weighted by molar-refractivity contribution is 0.0999. The molecule has 22 heavy (non-hydrogen) atoms. The minimum atomic E-state index is -0.848. The Morgan fingerprint density at radius 3 is 2.73 bits per heavy atom. The van der Waals surface area contributed by atoms with Gasteiger partial charge in [-0.3, -0.25) is 4.79 Å². The molecule has 114 valence electrons. The lowest BCUT2D eigenvalue weighted by Crippen LogP contribution is -2.30. The Bertz CT molecular complexity index is 731. The molecule has 2 N–H and O–H groups in total. The standard InChI is InChI=1S/C17H16F2N2O/c18-14-7-6-11(9-15(14)19)10-21-8-2-4-12-13(17(20)22)3-1-5-16(12)21/h1,3,5-7,9H,2,4,8,10H2,(H2,20,22). The lowest BCUT2D eigenvalue weighted by Gasteiger charge is -2.32. The van der Waals surface area contributed by atoms with Crippen molar-refractivity contribution >= 4 is 11.6 Å². The number of nitrogens with zero attached hydrogens (tertiary/aromatic N) is 1. The van der Waals surface area contributed by atoms with Gasteiger partial charge in [0.25, 0.3) is 0 Å². The Morgan fingerprint density at radius 1 is 1.18 bits per heavy atom. The van der Waals surface area contributed by atoms with E-state index in [0.29, 0.717) is 17.7 Å². The highest BCUT2D eigenvalue weighted by atomic mass is 19.2. The SMILES string of the molecule is NC(=O)c1cccc2c1CCCN2Cc1ccc(F)c(F)c1. The number of carbonyl (C=O) groups excluding carboxylic acids is 1. The molecule has 0 spiro atoms. The molecule has 2 aromatic rings. The van der Waals surface area contributed by atoms with Gasteiger partial charge in [-0.05, 0) is 48.2 Å². The second kappa shape index (κ2) is 5.75. The molecule has 0 unspecified atom stereocenters.